The molecule has 0 radical (unpaired) electrons. The van der Waals surface area contributed by atoms with Gasteiger partial charge in [-0.05, 0) is 60.4 Å². The monoisotopic (exact) mass is 388 g/mol. The molecule has 0 aliphatic heterocycles. The van der Waals surface area contributed by atoms with Gasteiger partial charge in [0.25, 0.3) is 0 Å². The molecule has 0 nitrogen and oxygen atoms in total. The summed E-state index contributed by atoms with van der Waals surface area (Å²) < 4.78 is 27.5. The molecule has 0 fully saturated rings. The minimum Gasteiger partial charge on any atom is -0.207 e. The molecule has 0 saturated carbocycles. The van der Waals surface area contributed by atoms with E-state index in [-0.39, 0.29) is 11.6 Å². The fourth-order valence-corrected chi connectivity index (χ4v) is 3.29. The maximum absolute atomic E-state index is 14.4. The predicted molar refractivity (Wildman–Crippen MR) is 117 cm³/mol. The molecule has 0 heterocycles. The maximum Gasteiger partial charge on any atom is 0.132 e. The van der Waals surface area contributed by atoms with Gasteiger partial charge in [0.05, 0.1) is 0 Å². The van der Waals surface area contributed by atoms with Crippen molar-refractivity contribution in [3.05, 3.63) is 95.1 Å². The summed E-state index contributed by atoms with van der Waals surface area (Å²) in [5, 5.41) is 0. The molecule has 3 aromatic carbocycles. The molecule has 3 rings (SSSR count). The first-order chi connectivity index (χ1) is 14.2. The highest BCUT2D eigenvalue weighted by Gasteiger charge is 2.05. The van der Waals surface area contributed by atoms with E-state index >= 15 is 0 Å². The average molecular weight is 389 g/mol. The lowest BCUT2D eigenvalue weighted by Crippen LogP contribution is -1.88. The first-order valence-corrected chi connectivity index (χ1v) is 10.3. The molecule has 0 unspecified atom stereocenters. The van der Waals surface area contributed by atoms with Crippen LogP contribution in [0.2, 0.25) is 0 Å². The van der Waals surface area contributed by atoms with E-state index in [4.69, 9.17) is 0 Å². The van der Waals surface area contributed by atoms with Crippen LogP contribution >= 0.6 is 0 Å². The van der Waals surface area contributed by atoms with Crippen molar-refractivity contribution in [3.8, 4) is 23.0 Å². The quantitative estimate of drug-likeness (QED) is 0.290. The number of unbranched alkanes of at least 4 members (excludes halogenated alkanes) is 4. The molecule has 148 valence electrons. The molecule has 0 saturated heterocycles. The SMILES string of the molecule is CCCCCCCc1ccc(C#Cc2ccc(-c3ccc(F)cc3)c(F)c2)cc1. The molecular formula is C27H26F2. The van der Waals surface area contributed by atoms with Gasteiger partial charge in [0.15, 0.2) is 0 Å². The third-order valence-corrected chi connectivity index (χ3v) is 5.00. The second kappa shape index (κ2) is 10.6. The largest absolute Gasteiger partial charge is 0.207 e. The van der Waals surface area contributed by atoms with Gasteiger partial charge in [-0.1, -0.05) is 74.8 Å². The van der Waals surface area contributed by atoms with Crippen LogP contribution in [0.4, 0.5) is 8.78 Å². The summed E-state index contributed by atoms with van der Waals surface area (Å²) in [6.45, 7) is 2.23. The smallest absolute Gasteiger partial charge is 0.132 e. The van der Waals surface area contributed by atoms with E-state index in [1.165, 1.54) is 55.9 Å². The summed E-state index contributed by atoms with van der Waals surface area (Å²) in [5.74, 6) is 5.43. The topological polar surface area (TPSA) is 0 Å². The summed E-state index contributed by atoms with van der Waals surface area (Å²) in [6.07, 6.45) is 7.52. The maximum atomic E-state index is 14.4. The summed E-state index contributed by atoms with van der Waals surface area (Å²) in [7, 11) is 0. The lowest BCUT2D eigenvalue weighted by molar-refractivity contribution is 0.625. The number of halogens is 2. The first kappa shape index (κ1) is 20.8. The molecule has 0 aliphatic carbocycles. The van der Waals surface area contributed by atoms with Gasteiger partial charge in [-0.25, -0.2) is 8.78 Å². The van der Waals surface area contributed by atoms with E-state index in [1.54, 1.807) is 24.3 Å². The fraction of sp³-hybridized carbons (Fsp3) is 0.259. The van der Waals surface area contributed by atoms with Gasteiger partial charge in [0, 0.05) is 16.7 Å². The van der Waals surface area contributed by atoms with Gasteiger partial charge in [-0.3, -0.25) is 0 Å². The average Bonchev–Trinajstić information content (AvgIpc) is 2.74. The number of benzene rings is 3. The van der Waals surface area contributed by atoms with Crippen LogP contribution in [0.3, 0.4) is 0 Å². The van der Waals surface area contributed by atoms with Crippen LogP contribution in [-0.4, -0.2) is 0 Å². The zero-order valence-electron chi connectivity index (χ0n) is 16.8. The Morgan fingerprint density at radius 2 is 1.34 bits per heavy atom. The van der Waals surface area contributed by atoms with E-state index in [1.807, 2.05) is 12.1 Å². The van der Waals surface area contributed by atoms with E-state index in [0.717, 1.165) is 12.0 Å². The lowest BCUT2D eigenvalue weighted by atomic mass is 10.0. The van der Waals surface area contributed by atoms with Crippen molar-refractivity contribution < 1.29 is 8.78 Å². The van der Waals surface area contributed by atoms with Crippen molar-refractivity contribution in [1.82, 2.24) is 0 Å². The van der Waals surface area contributed by atoms with Gasteiger partial charge in [0.1, 0.15) is 11.6 Å². The highest BCUT2D eigenvalue weighted by atomic mass is 19.1. The van der Waals surface area contributed by atoms with Crippen molar-refractivity contribution in [1.29, 1.82) is 0 Å². The van der Waals surface area contributed by atoms with Crippen molar-refractivity contribution in [2.24, 2.45) is 0 Å². The Bertz CT molecular complexity index is 974. The van der Waals surface area contributed by atoms with Crippen molar-refractivity contribution in [3.63, 3.8) is 0 Å². The van der Waals surface area contributed by atoms with Crippen molar-refractivity contribution in [2.75, 3.05) is 0 Å². The second-order valence-electron chi connectivity index (χ2n) is 7.31. The van der Waals surface area contributed by atoms with Crippen LogP contribution in [0.5, 0.6) is 0 Å². The van der Waals surface area contributed by atoms with Gasteiger partial charge in [-0.2, -0.15) is 0 Å². The predicted octanol–water partition coefficient (Wildman–Crippen LogP) is 7.54. The molecule has 0 amide bonds. The van der Waals surface area contributed by atoms with E-state index in [2.05, 4.69) is 30.9 Å². The lowest BCUT2D eigenvalue weighted by Gasteiger charge is -2.04. The summed E-state index contributed by atoms with van der Waals surface area (Å²) in [4.78, 5) is 0. The van der Waals surface area contributed by atoms with Gasteiger partial charge >= 0.3 is 0 Å². The minimum absolute atomic E-state index is 0.334. The first-order valence-electron chi connectivity index (χ1n) is 10.3. The van der Waals surface area contributed by atoms with Crippen LogP contribution in [0.15, 0.2) is 66.7 Å². The van der Waals surface area contributed by atoms with Crippen LogP contribution < -0.4 is 0 Å². The molecule has 3 aromatic rings. The molecule has 29 heavy (non-hydrogen) atoms. The molecule has 0 aromatic heterocycles. The van der Waals surface area contributed by atoms with Gasteiger partial charge in [0.2, 0.25) is 0 Å². The molecule has 0 bridgehead atoms. The Balaban J connectivity index is 1.62. The zero-order valence-corrected chi connectivity index (χ0v) is 16.8. The number of hydrogen-bond acceptors (Lipinski definition) is 0. The normalized spacial score (nSPS) is 10.4. The number of aryl methyl sites for hydroxylation is 1. The Morgan fingerprint density at radius 3 is 2.03 bits per heavy atom. The zero-order chi connectivity index (χ0) is 20.5. The molecular weight excluding hydrogens is 362 g/mol. The summed E-state index contributed by atoms with van der Waals surface area (Å²) >= 11 is 0. The highest BCUT2D eigenvalue weighted by molar-refractivity contribution is 5.65. The standard InChI is InChI=1S/C27H26F2/c1-2-3-4-5-6-7-21-8-10-22(11-9-21)12-13-23-14-19-26(27(29)20-23)24-15-17-25(28)18-16-24/h8-11,14-20H,2-7H2,1H3. The minimum atomic E-state index is -0.359. The van der Waals surface area contributed by atoms with Crippen LogP contribution in [-0.2, 0) is 6.42 Å². The van der Waals surface area contributed by atoms with Crippen LogP contribution in [0, 0.1) is 23.5 Å². The Labute approximate surface area is 172 Å². The van der Waals surface area contributed by atoms with Crippen molar-refractivity contribution in [2.45, 2.75) is 45.4 Å². The van der Waals surface area contributed by atoms with E-state index < -0.39 is 0 Å². The van der Waals surface area contributed by atoms with Gasteiger partial charge in [-0.15, -0.1) is 0 Å². The van der Waals surface area contributed by atoms with Crippen molar-refractivity contribution >= 4 is 0 Å². The summed E-state index contributed by atoms with van der Waals surface area (Å²) in [6, 6.07) is 19.0. The second-order valence-corrected chi connectivity index (χ2v) is 7.31. The molecule has 0 spiro atoms. The van der Waals surface area contributed by atoms with Crippen LogP contribution in [0.25, 0.3) is 11.1 Å². The number of rotatable bonds is 7. The molecule has 0 N–H and O–H groups in total. The third-order valence-electron chi connectivity index (χ3n) is 5.00. The number of hydrogen-bond donors (Lipinski definition) is 0. The fourth-order valence-electron chi connectivity index (χ4n) is 3.29. The molecule has 0 atom stereocenters. The Morgan fingerprint density at radius 1 is 0.690 bits per heavy atom. The molecule has 0 aliphatic rings. The van der Waals surface area contributed by atoms with E-state index in [9.17, 15) is 8.78 Å². The summed E-state index contributed by atoms with van der Waals surface area (Å²) in [5.41, 5.74) is 3.96. The molecule has 2 heteroatoms. The Kier molecular flexibility index (Phi) is 7.59. The van der Waals surface area contributed by atoms with Gasteiger partial charge < -0.3 is 0 Å². The van der Waals surface area contributed by atoms with Crippen LogP contribution in [0.1, 0.15) is 55.7 Å². The Hall–Kier alpha value is -2.92. The highest BCUT2D eigenvalue weighted by Crippen LogP contribution is 2.23. The van der Waals surface area contributed by atoms with E-state index in [0.29, 0.717) is 16.7 Å². The third kappa shape index (κ3) is 6.29.